The third kappa shape index (κ3) is 6.28. The normalized spacial score (nSPS) is 11.0. The summed E-state index contributed by atoms with van der Waals surface area (Å²) in [5.41, 5.74) is 1.13. The number of nitrogens with one attached hydrogen (secondary N) is 1. The Bertz CT molecular complexity index is 367. The smallest absolute Gasteiger partial charge is 0.138 e. The van der Waals surface area contributed by atoms with Crippen LogP contribution in [-0.2, 0) is 4.74 Å². The quantitative estimate of drug-likeness (QED) is 0.702. The summed E-state index contributed by atoms with van der Waals surface area (Å²) in [6.07, 6.45) is 0. The van der Waals surface area contributed by atoms with Gasteiger partial charge in [-0.3, -0.25) is 0 Å². The summed E-state index contributed by atoms with van der Waals surface area (Å²) in [5, 5.41) is 0.660. The number of halogens is 1. The summed E-state index contributed by atoms with van der Waals surface area (Å²) in [6.45, 7) is 11.7. The Morgan fingerprint density at radius 1 is 1.11 bits per heavy atom. The van der Waals surface area contributed by atoms with E-state index in [1.807, 2.05) is 25.1 Å². The van der Waals surface area contributed by atoms with Crippen LogP contribution in [0.2, 0.25) is 5.02 Å². The van der Waals surface area contributed by atoms with Crippen LogP contribution >= 0.6 is 11.6 Å². The van der Waals surface area contributed by atoms with E-state index in [0.29, 0.717) is 18.2 Å². The number of aryl methyl sites for hydroxylation is 1. The van der Waals surface area contributed by atoms with Crippen LogP contribution in [0, 0.1) is 6.92 Å². The fraction of sp³-hybridized carbons (Fsp3) is 0.600. The Morgan fingerprint density at radius 2 is 1.84 bits per heavy atom. The van der Waals surface area contributed by atoms with E-state index in [2.05, 4.69) is 13.8 Å². The van der Waals surface area contributed by atoms with E-state index < -0.39 is 0 Å². The van der Waals surface area contributed by atoms with E-state index in [9.17, 15) is 0 Å². The highest BCUT2D eigenvalue weighted by Crippen LogP contribution is 2.24. The third-order valence-electron chi connectivity index (χ3n) is 3.17. The number of ether oxygens (including phenoxy) is 2. The van der Waals surface area contributed by atoms with E-state index in [-0.39, 0.29) is 0 Å². The molecule has 1 N–H and O–H groups in total. The molecule has 1 aromatic carbocycles. The Morgan fingerprint density at radius 3 is 2.47 bits per heavy atom. The molecular weight excluding hydrogens is 262 g/mol. The maximum absolute atomic E-state index is 6.08. The lowest BCUT2D eigenvalue weighted by atomic mass is 10.2. The van der Waals surface area contributed by atoms with Crippen LogP contribution in [0.1, 0.15) is 19.4 Å². The molecule has 0 saturated carbocycles. The lowest BCUT2D eigenvalue weighted by Crippen LogP contribution is -3.11. The largest absolute Gasteiger partial charge is 0.490 e. The van der Waals surface area contributed by atoms with Crippen LogP contribution < -0.4 is 9.64 Å². The van der Waals surface area contributed by atoms with Crippen molar-refractivity contribution in [3.63, 3.8) is 0 Å². The molecular formula is C15H25ClNO2+. The van der Waals surface area contributed by atoms with Crippen LogP contribution in [0.25, 0.3) is 0 Å². The highest BCUT2D eigenvalue weighted by Gasteiger charge is 2.03. The molecule has 3 nitrogen and oxygen atoms in total. The van der Waals surface area contributed by atoms with Crippen molar-refractivity contribution in [3.05, 3.63) is 28.8 Å². The summed E-state index contributed by atoms with van der Waals surface area (Å²) in [7, 11) is 0. The first-order valence-corrected chi connectivity index (χ1v) is 7.35. The van der Waals surface area contributed by atoms with Gasteiger partial charge in [0.15, 0.2) is 0 Å². The molecule has 108 valence electrons. The molecule has 0 heterocycles. The molecule has 0 atom stereocenters. The van der Waals surface area contributed by atoms with Gasteiger partial charge in [0.25, 0.3) is 0 Å². The monoisotopic (exact) mass is 286 g/mol. The number of benzene rings is 1. The van der Waals surface area contributed by atoms with E-state index in [0.717, 1.165) is 37.6 Å². The van der Waals surface area contributed by atoms with Crippen molar-refractivity contribution in [1.82, 2.24) is 0 Å². The Kier molecular flexibility index (Phi) is 7.87. The summed E-state index contributed by atoms with van der Waals surface area (Å²) in [5.74, 6) is 0.727. The van der Waals surface area contributed by atoms with Crippen LogP contribution in [-0.4, -0.2) is 39.5 Å². The Balaban J connectivity index is 2.14. The Hall–Kier alpha value is -0.770. The van der Waals surface area contributed by atoms with E-state index in [1.54, 1.807) is 4.90 Å². The molecule has 1 rings (SSSR count). The van der Waals surface area contributed by atoms with E-state index >= 15 is 0 Å². The van der Waals surface area contributed by atoms with Crippen LogP contribution in [0.4, 0.5) is 0 Å². The van der Waals surface area contributed by atoms with Crippen LogP contribution in [0.15, 0.2) is 18.2 Å². The second-order valence-electron chi connectivity index (χ2n) is 4.60. The third-order valence-corrected chi connectivity index (χ3v) is 3.47. The molecule has 0 aliphatic heterocycles. The van der Waals surface area contributed by atoms with Gasteiger partial charge in [-0.15, -0.1) is 0 Å². The minimum atomic E-state index is 0.538. The number of quaternary nitrogens is 1. The molecule has 0 aromatic heterocycles. The van der Waals surface area contributed by atoms with Crippen molar-refractivity contribution in [2.75, 3.05) is 39.5 Å². The van der Waals surface area contributed by atoms with Gasteiger partial charge in [0, 0.05) is 0 Å². The average molecular weight is 287 g/mol. The molecule has 0 unspecified atom stereocenters. The number of likely N-dealkylation sites (N-methyl/N-ethyl adjacent to an activating group) is 1. The zero-order valence-electron chi connectivity index (χ0n) is 12.2. The molecule has 0 bridgehead atoms. The van der Waals surface area contributed by atoms with Gasteiger partial charge in [-0.2, -0.15) is 0 Å². The summed E-state index contributed by atoms with van der Waals surface area (Å²) in [4.78, 5) is 1.56. The first kappa shape index (κ1) is 16.3. The number of hydrogen-bond acceptors (Lipinski definition) is 2. The maximum Gasteiger partial charge on any atom is 0.138 e. The fourth-order valence-corrected chi connectivity index (χ4v) is 2.15. The van der Waals surface area contributed by atoms with Crippen molar-refractivity contribution < 1.29 is 14.4 Å². The molecule has 0 aliphatic carbocycles. The van der Waals surface area contributed by atoms with Gasteiger partial charge < -0.3 is 14.4 Å². The SMILES string of the molecule is CC[NH+](CC)CCOCCOc1ccc(C)cc1Cl. The zero-order chi connectivity index (χ0) is 14.1. The lowest BCUT2D eigenvalue weighted by Gasteiger charge is -2.15. The van der Waals surface area contributed by atoms with Gasteiger partial charge in [-0.25, -0.2) is 0 Å². The van der Waals surface area contributed by atoms with Gasteiger partial charge >= 0.3 is 0 Å². The molecule has 0 amide bonds. The fourth-order valence-electron chi connectivity index (χ4n) is 1.86. The summed E-state index contributed by atoms with van der Waals surface area (Å²) >= 11 is 6.08. The molecule has 4 heteroatoms. The topological polar surface area (TPSA) is 22.9 Å². The van der Waals surface area contributed by atoms with Gasteiger partial charge in [0.05, 0.1) is 31.3 Å². The Labute approximate surface area is 121 Å². The van der Waals surface area contributed by atoms with Crippen molar-refractivity contribution >= 4 is 11.6 Å². The predicted molar refractivity (Wildman–Crippen MR) is 79.4 cm³/mol. The van der Waals surface area contributed by atoms with E-state index in [1.165, 1.54) is 0 Å². The molecule has 0 spiro atoms. The highest BCUT2D eigenvalue weighted by atomic mass is 35.5. The minimum absolute atomic E-state index is 0.538. The van der Waals surface area contributed by atoms with Gasteiger partial charge in [-0.05, 0) is 38.5 Å². The average Bonchev–Trinajstić information content (AvgIpc) is 2.40. The predicted octanol–water partition coefficient (Wildman–Crippen LogP) is 1.97. The van der Waals surface area contributed by atoms with Crippen LogP contribution in [0.5, 0.6) is 5.75 Å². The molecule has 0 aliphatic rings. The van der Waals surface area contributed by atoms with Gasteiger partial charge in [-0.1, -0.05) is 17.7 Å². The maximum atomic E-state index is 6.08. The first-order chi connectivity index (χ1) is 9.17. The minimum Gasteiger partial charge on any atom is -0.490 e. The molecule has 1 aromatic rings. The summed E-state index contributed by atoms with van der Waals surface area (Å²) in [6, 6.07) is 5.80. The van der Waals surface area contributed by atoms with Crippen molar-refractivity contribution in [2.45, 2.75) is 20.8 Å². The zero-order valence-corrected chi connectivity index (χ0v) is 12.9. The second kappa shape index (κ2) is 9.18. The van der Waals surface area contributed by atoms with Crippen molar-refractivity contribution in [1.29, 1.82) is 0 Å². The molecule has 0 radical (unpaired) electrons. The summed E-state index contributed by atoms with van der Waals surface area (Å²) < 4.78 is 11.2. The van der Waals surface area contributed by atoms with E-state index in [4.69, 9.17) is 21.1 Å². The second-order valence-corrected chi connectivity index (χ2v) is 5.01. The highest BCUT2D eigenvalue weighted by molar-refractivity contribution is 6.32. The van der Waals surface area contributed by atoms with Gasteiger partial charge in [0.2, 0.25) is 0 Å². The van der Waals surface area contributed by atoms with Gasteiger partial charge in [0.1, 0.15) is 18.9 Å². The van der Waals surface area contributed by atoms with Crippen molar-refractivity contribution in [3.8, 4) is 5.75 Å². The standard InChI is InChI=1S/C15H24ClNO2/c1-4-17(5-2)8-9-18-10-11-19-15-7-6-13(3)12-14(15)16/h6-7,12H,4-5,8-11H2,1-3H3/p+1. The van der Waals surface area contributed by atoms with Crippen LogP contribution in [0.3, 0.4) is 0 Å². The molecule has 19 heavy (non-hydrogen) atoms. The lowest BCUT2D eigenvalue weighted by molar-refractivity contribution is -0.896. The van der Waals surface area contributed by atoms with Crippen molar-refractivity contribution in [2.24, 2.45) is 0 Å². The first-order valence-electron chi connectivity index (χ1n) is 6.97. The molecule has 0 fully saturated rings. The number of rotatable bonds is 9. The number of hydrogen-bond donors (Lipinski definition) is 1. The molecule has 0 saturated heterocycles.